The lowest BCUT2D eigenvalue weighted by molar-refractivity contribution is 0.595. The van der Waals surface area contributed by atoms with Crippen molar-refractivity contribution >= 4 is 37.1 Å². The Morgan fingerprint density at radius 3 is 2.55 bits per heavy atom. The molecule has 102 valence electrons. The predicted octanol–water partition coefficient (Wildman–Crippen LogP) is 2.85. The molecule has 0 radical (unpaired) electrons. The zero-order valence-electron chi connectivity index (χ0n) is 10.5. The van der Waals surface area contributed by atoms with Gasteiger partial charge in [-0.3, -0.25) is 0 Å². The van der Waals surface area contributed by atoms with Gasteiger partial charge in [0, 0.05) is 5.38 Å². The van der Waals surface area contributed by atoms with Crippen molar-refractivity contribution in [1.82, 2.24) is 4.98 Å². The van der Waals surface area contributed by atoms with Crippen molar-refractivity contribution < 1.29 is 8.42 Å². The zero-order chi connectivity index (χ0) is 14.2. The molecule has 0 unspecified atom stereocenters. The normalized spacial score (nSPS) is 11.8. The fourth-order valence-electron chi connectivity index (χ4n) is 2.03. The minimum atomic E-state index is -3.40. The molecule has 0 atom stereocenters. The molecule has 0 bridgehead atoms. The molecule has 3 rings (SSSR count). The lowest BCUT2D eigenvalue weighted by Crippen LogP contribution is -2.05. The Balaban J connectivity index is 2.00. The Morgan fingerprint density at radius 2 is 1.85 bits per heavy atom. The Kier molecular flexibility index (Phi) is 3.19. The summed E-state index contributed by atoms with van der Waals surface area (Å²) in [5, 5.41) is 3.98. The number of anilines is 1. The number of hydrogen-bond acceptors (Lipinski definition) is 5. The van der Waals surface area contributed by atoms with E-state index in [-0.39, 0.29) is 5.75 Å². The molecule has 4 nitrogen and oxygen atoms in total. The van der Waals surface area contributed by atoms with Gasteiger partial charge >= 0.3 is 0 Å². The average molecular weight is 304 g/mol. The Bertz CT molecular complexity index is 870. The molecule has 3 aromatic rings. The van der Waals surface area contributed by atoms with Gasteiger partial charge in [0.1, 0.15) is 0 Å². The van der Waals surface area contributed by atoms with Crippen molar-refractivity contribution in [1.29, 1.82) is 0 Å². The molecule has 0 aliphatic carbocycles. The van der Waals surface area contributed by atoms with E-state index in [1.807, 2.05) is 30.3 Å². The second-order valence-corrected chi connectivity index (χ2v) is 7.32. The van der Waals surface area contributed by atoms with Crippen LogP contribution in [0.5, 0.6) is 0 Å². The van der Waals surface area contributed by atoms with Gasteiger partial charge in [-0.2, -0.15) is 0 Å². The summed E-state index contributed by atoms with van der Waals surface area (Å²) in [6.45, 7) is 0. The van der Waals surface area contributed by atoms with Gasteiger partial charge in [-0.25, -0.2) is 13.4 Å². The van der Waals surface area contributed by atoms with E-state index in [1.165, 1.54) is 11.3 Å². The van der Waals surface area contributed by atoms with Gasteiger partial charge in [0.05, 0.1) is 16.3 Å². The number of nitrogen functional groups attached to an aromatic ring is 1. The number of nitrogens with zero attached hydrogens (tertiary/aromatic N) is 1. The Labute approximate surface area is 120 Å². The molecule has 1 heterocycles. The highest BCUT2D eigenvalue weighted by molar-refractivity contribution is 7.90. The predicted molar refractivity (Wildman–Crippen MR) is 81.4 cm³/mol. The number of aromatic nitrogens is 1. The van der Waals surface area contributed by atoms with E-state index in [1.54, 1.807) is 17.5 Å². The summed E-state index contributed by atoms with van der Waals surface area (Å²) in [7, 11) is -3.40. The van der Waals surface area contributed by atoms with Crippen molar-refractivity contribution in [2.24, 2.45) is 0 Å². The second-order valence-electron chi connectivity index (χ2n) is 4.45. The number of nitrogens with two attached hydrogens (primary N) is 1. The molecular weight excluding hydrogens is 292 g/mol. The zero-order valence-corrected chi connectivity index (χ0v) is 12.1. The van der Waals surface area contributed by atoms with Gasteiger partial charge in [-0.15, -0.1) is 11.3 Å². The van der Waals surface area contributed by atoms with E-state index in [4.69, 9.17) is 5.73 Å². The van der Waals surface area contributed by atoms with Crippen LogP contribution in [0.4, 0.5) is 5.13 Å². The van der Waals surface area contributed by atoms with Crippen molar-refractivity contribution in [3.8, 4) is 0 Å². The van der Waals surface area contributed by atoms with Gasteiger partial charge in [0.25, 0.3) is 0 Å². The van der Waals surface area contributed by atoms with Crippen molar-refractivity contribution in [2.45, 2.75) is 10.6 Å². The van der Waals surface area contributed by atoms with Crippen LogP contribution in [-0.4, -0.2) is 13.4 Å². The van der Waals surface area contributed by atoms with Crippen molar-refractivity contribution in [3.05, 3.63) is 53.5 Å². The fourth-order valence-corrected chi connectivity index (χ4v) is 3.98. The third-order valence-electron chi connectivity index (χ3n) is 2.99. The maximum Gasteiger partial charge on any atom is 0.184 e. The van der Waals surface area contributed by atoms with Crippen LogP contribution in [0.3, 0.4) is 0 Å². The average Bonchev–Trinajstić information content (AvgIpc) is 2.83. The third-order valence-corrected chi connectivity index (χ3v) is 5.36. The molecule has 1 aromatic heterocycles. The number of thiazole rings is 1. The SMILES string of the molecule is Nc1nc(CS(=O)(=O)c2ccc3ccccc3c2)cs1. The molecule has 0 aliphatic rings. The minimum Gasteiger partial charge on any atom is -0.375 e. The van der Waals surface area contributed by atoms with Gasteiger partial charge in [0.2, 0.25) is 0 Å². The maximum absolute atomic E-state index is 12.4. The first-order valence-electron chi connectivity index (χ1n) is 5.96. The number of hydrogen-bond donors (Lipinski definition) is 1. The van der Waals surface area contributed by atoms with E-state index >= 15 is 0 Å². The molecule has 0 amide bonds. The number of sulfone groups is 1. The molecule has 6 heteroatoms. The molecule has 20 heavy (non-hydrogen) atoms. The van der Waals surface area contributed by atoms with Crippen LogP contribution >= 0.6 is 11.3 Å². The Morgan fingerprint density at radius 1 is 1.10 bits per heavy atom. The van der Waals surface area contributed by atoms with E-state index in [9.17, 15) is 8.42 Å². The molecule has 0 aliphatic heterocycles. The molecule has 0 saturated heterocycles. The lowest BCUT2D eigenvalue weighted by atomic mass is 10.1. The molecule has 0 fully saturated rings. The highest BCUT2D eigenvalue weighted by Crippen LogP contribution is 2.23. The van der Waals surface area contributed by atoms with Crippen LogP contribution in [0.25, 0.3) is 10.8 Å². The monoisotopic (exact) mass is 304 g/mol. The van der Waals surface area contributed by atoms with Crippen LogP contribution in [0.15, 0.2) is 52.7 Å². The van der Waals surface area contributed by atoms with Gasteiger partial charge in [0.15, 0.2) is 15.0 Å². The summed E-state index contributed by atoms with van der Waals surface area (Å²) in [4.78, 5) is 4.31. The quantitative estimate of drug-likeness (QED) is 0.807. The standard InChI is InChI=1S/C14H12N2O2S2/c15-14-16-12(8-19-14)9-20(17,18)13-6-5-10-3-1-2-4-11(10)7-13/h1-8H,9H2,(H2,15,16). The van der Waals surface area contributed by atoms with E-state index < -0.39 is 9.84 Å². The first-order chi connectivity index (χ1) is 9.54. The van der Waals surface area contributed by atoms with Crippen LogP contribution in [0, 0.1) is 0 Å². The summed E-state index contributed by atoms with van der Waals surface area (Å²) in [5.74, 6) is -0.126. The van der Waals surface area contributed by atoms with E-state index in [2.05, 4.69) is 4.98 Å². The summed E-state index contributed by atoms with van der Waals surface area (Å²) >= 11 is 1.25. The second kappa shape index (κ2) is 4.88. The minimum absolute atomic E-state index is 0.126. The first kappa shape index (κ1) is 13.1. The van der Waals surface area contributed by atoms with Crippen molar-refractivity contribution in [3.63, 3.8) is 0 Å². The van der Waals surface area contributed by atoms with E-state index in [0.29, 0.717) is 15.7 Å². The Hall–Kier alpha value is -1.92. The summed E-state index contributed by atoms with van der Waals surface area (Å²) in [5.41, 5.74) is 6.01. The largest absolute Gasteiger partial charge is 0.375 e. The summed E-state index contributed by atoms with van der Waals surface area (Å²) in [6, 6.07) is 12.8. The lowest BCUT2D eigenvalue weighted by Gasteiger charge is -2.04. The van der Waals surface area contributed by atoms with Crippen LogP contribution < -0.4 is 5.73 Å². The van der Waals surface area contributed by atoms with E-state index in [0.717, 1.165) is 10.8 Å². The molecule has 2 aromatic carbocycles. The number of rotatable bonds is 3. The van der Waals surface area contributed by atoms with Crippen LogP contribution in [0.2, 0.25) is 0 Å². The van der Waals surface area contributed by atoms with Gasteiger partial charge < -0.3 is 5.73 Å². The molecule has 0 saturated carbocycles. The van der Waals surface area contributed by atoms with Crippen LogP contribution in [0.1, 0.15) is 5.69 Å². The molecule has 2 N–H and O–H groups in total. The topological polar surface area (TPSA) is 73.0 Å². The van der Waals surface area contributed by atoms with Crippen LogP contribution in [-0.2, 0) is 15.6 Å². The third kappa shape index (κ3) is 2.52. The van der Waals surface area contributed by atoms with Gasteiger partial charge in [-0.1, -0.05) is 30.3 Å². The highest BCUT2D eigenvalue weighted by Gasteiger charge is 2.17. The fraction of sp³-hybridized carbons (Fsp3) is 0.0714. The van der Waals surface area contributed by atoms with Crippen molar-refractivity contribution in [2.75, 3.05) is 5.73 Å². The number of fused-ring (bicyclic) bond motifs is 1. The highest BCUT2D eigenvalue weighted by atomic mass is 32.2. The maximum atomic E-state index is 12.4. The smallest absolute Gasteiger partial charge is 0.184 e. The summed E-state index contributed by atoms with van der Waals surface area (Å²) < 4.78 is 24.8. The molecule has 0 spiro atoms. The summed E-state index contributed by atoms with van der Waals surface area (Å²) in [6.07, 6.45) is 0. The van der Waals surface area contributed by atoms with Gasteiger partial charge in [-0.05, 0) is 22.9 Å². The first-order valence-corrected chi connectivity index (χ1v) is 8.49. The number of benzene rings is 2. The molecular formula is C14H12N2O2S2.